The Bertz CT molecular complexity index is 336. The Morgan fingerprint density at radius 2 is 2.21 bits per heavy atom. The van der Waals surface area contributed by atoms with E-state index >= 15 is 0 Å². The zero-order valence-electron chi connectivity index (χ0n) is 7.91. The fraction of sp³-hybridized carbons (Fsp3) is 0.455. The number of nitrogens with two attached hydrogens (primary N) is 1. The third kappa shape index (κ3) is 2.04. The van der Waals surface area contributed by atoms with Crippen LogP contribution in [0.4, 0.5) is 4.39 Å². The summed E-state index contributed by atoms with van der Waals surface area (Å²) in [5, 5.41) is 9.48. The van der Waals surface area contributed by atoms with Gasteiger partial charge in [0.15, 0.2) is 0 Å². The smallest absolute Gasteiger partial charge is 0.126 e. The maximum atomic E-state index is 12.7. The van der Waals surface area contributed by atoms with Gasteiger partial charge in [0.2, 0.25) is 0 Å². The summed E-state index contributed by atoms with van der Waals surface area (Å²) in [6.45, 7) is 0. The molecule has 0 spiro atoms. The van der Waals surface area contributed by atoms with Crippen LogP contribution in [-0.4, -0.2) is 5.11 Å². The number of rotatable bonds is 3. The SMILES string of the molecule is N[C@@H](CC1CC1)c1ccc(F)cc1O. The van der Waals surface area contributed by atoms with E-state index in [9.17, 15) is 9.50 Å². The Labute approximate surface area is 82.5 Å². The highest BCUT2D eigenvalue weighted by Crippen LogP contribution is 2.38. The van der Waals surface area contributed by atoms with Gasteiger partial charge in [-0.3, -0.25) is 0 Å². The maximum Gasteiger partial charge on any atom is 0.126 e. The van der Waals surface area contributed by atoms with Crippen LogP contribution in [0.25, 0.3) is 0 Å². The Balaban J connectivity index is 2.13. The standard InChI is InChI=1S/C11H14FNO/c12-8-3-4-9(11(14)6-8)10(13)5-7-1-2-7/h3-4,6-7,10,14H,1-2,5,13H2/t10-/m0/s1. The van der Waals surface area contributed by atoms with Gasteiger partial charge in [-0.05, 0) is 18.4 Å². The van der Waals surface area contributed by atoms with Crippen LogP contribution in [0.2, 0.25) is 0 Å². The summed E-state index contributed by atoms with van der Waals surface area (Å²) in [5.41, 5.74) is 6.56. The molecule has 1 aliphatic carbocycles. The van der Waals surface area contributed by atoms with Crippen LogP contribution in [0.15, 0.2) is 18.2 Å². The first-order chi connectivity index (χ1) is 6.66. The minimum atomic E-state index is -0.426. The predicted molar refractivity (Wildman–Crippen MR) is 52.3 cm³/mol. The summed E-state index contributed by atoms with van der Waals surface area (Å²) in [5.74, 6) is 0.248. The topological polar surface area (TPSA) is 46.2 Å². The van der Waals surface area contributed by atoms with Crippen molar-refractivity contribution in [1.82, 2.24) is 0 Å². The zero-order chi connectivity index (χ0) is 10.1. The Kier molecular flexibility index (Phi) is 2.42. The van der Waals surface area contributed by atoms with E-state index in [-0.39, 0.29) is 11.8 Å². The average Bonchev–Trinajstić information content (AvgIpc) is 2.87. The van der Waals surface area contributed by atoms with Crippen LogP contribution in [0.3, 0.4) is 0 Å². The van der Waals surface area contributed by atoms with Gasteiger partial charge in [0, 0.05) is 17.7 Å². The summed E-state index contributed by atoms with van der Waals surface area (Å²) < 4.78 is 12.7. The average molecular weight is 195 g/mol. The fourth-order valence-electron chi connectivity index (χ4n) is 1.67. The lowest BCUT2D eigenvalue weighted by Gasteiger charge is -2.12. The number of phenolic OH excluding ortho intramolecular Hbond substituents is 1. The van der Waals surface area contributed by atoms with Crippen LogP contribution in [0.1, 0.15) is 30.9 Å². The van der Waals surface area contributed by atoms with Crippen molar-refractivity contribution in [2.45, 2.75) is 25.3 Å². The van der Waals surface area contributed by atoms with E-state index in [2.05, 4.69) is 0 Å². The lowest BCUT2D eigenvalue weighted by atomic mass is 10.0. The molecule has 0 amide bonds. The molecule has 0 heterocycles. The summed E-state index contributed by atoms with van der Waals surface area (Å²) in [6, 6.07) is 3.85. The van der Waals surface area contributed by atoms with E-state index < -0.39 is 5.82 Å². The number of hydrogen-bond acceptors (Lipinski definition) is 2. The molecule has 0 bridgehead atoms. The Morgan fingerprint density at radius 3 is 2.79 bits per heavy atom. The second kappa shape index (κ2) is 3.58. The molecule has 1 aromatic carbocycles. The Hall–Kier alpha value is -1.09. The molecule has 0 aliphatic heterocycles. The highest BCUT2D eigenvalue weighted by Gasteiger charge is 2.25. The summed E-state index contributed by atoms with van der Waals surface area (Å²) in [4.78, 5) is 0. The fourth-order valence-corrected chi connectivity index (χ4v) is 1.67. The molecule has 1 aromatic rings. The Morgan fingerprint density at radius 1 is 1.50 bits per heavy atom. The molecular weight excluding hydrogens is 181 g/mol. The van der Waals surface area contributed by atoms with Gasteiger partial charge in [-0.15, -0.1) is 0 Å². The molecular formula is C11H14FNO. The maximum absolute atomic E-state index is 12.7. The van der Waals surface area contributed by atoms with Gasteiger partial charge in [0.05, 0.1) is 0 Å². The molecule has 1 fully saturated rings. The quantitative estimate of drug-likeness (QED) is 0.777. The van der Waals surface area contributed by atoms with Crippen molar-refractivity contribution in [3.05, 3.63) is 29.6 Å². The molecule has 2 rings (SSSR count). The minimum absolute atomic E-state index is 0.0295. The molecule has 0 aromatic heterocycles. The summed E-state index contributed by atoms with van der Waals surface area (Å²) in [6.07, 6.45) is 3.35. The predicted octanol–water partition coefficient (Wildman–Crippen LogP) is 2.33. The summed E-state index contributed by atoms with van der Waals surface area (Å²) in [7, 11) is 0. The number of benzene rings is 1. The minimum Gasteiger partial charge on any atom is -0.508 e. The number of halogens is 1. The van der Waals surface area contributed by atoms with Gasteiger partial charge < -0.3 is 10.8 Å². The van der Waals surface area contributed by atoms with E-state index in [0.717, 1.165) is 12.5 Å². The van der Waals surface area contributed by atoms with E-state index in [0.29, 0.717) is 11.5 Å². The monoisotopic (exact) mass is 195 g/mol. The van der Waals surface area contributed by atoms with Crippen molar-refractivity contribution in [2.24, 2.45) is 11.7 Å². The van der Waals surface area contributed by atoms with Crippen molar-refractivity contribution in [3.8, 4) is 5.75 Å². The molecule has 76 valence electrons. The van der Waals surface area contributed by atoms with Gasteiger partial charge in [-0.1, -0.05) is 18.9 Å². The summed E-state index contributed by atoms with van der Waals surface area (Å²) >= 11 is 0. The first-order valence-corrected chi connectivity index (χ1v) is 4.91. The third-order valence-corrected chi connectivity index (χ3v) is 2.68. The molecule has 3 N–H and O–H groups in total. The second-order valence-corrected chi connectivity index (χ2v) is 3.99. The molecule has 2 nitrogen and oxygen atoms in total. The lowest BCUT2D eigenvalue weighted by Crippen LogP contribution is -2.11. The van der Waals surface area contributed by atoms with Crippen molar-refractivity contribution in [3.63, 3.8) is 0 Å². The van der Waals surface area contributed by atoms with Crippen molar-refractivity contribution < 1.29 is 9.50 Å². The van der Waals surface area contributed by atoms with Gasteiger partial charge in [0.25, 0.3) is 0 Å². The lowest BCUT2D eigenvalue weighted by molar-refractivity contribution is 0.449. The number of aromatic hydroxyl groups is 1. The van der Waals surface area contributed by atoms with Crippen LogP contribution in [0.5, 0.6) is 5.75 Å². The highest BCUT2D eigenvalue weighted by molar-refractivity contribution is 5.35. The number of hydrogen-bond donors (Lipinski definition) is 2. The van der Waals surface area contributed by atoms with Crippen LogP contribution >= 0.6 is 0 Å². The molecule has 0 radical (unpaired) electrons. The molecule has 0 saturated heterocycles. The van der Waals surface area contributed by atoms with Crippen LogP contribution in [0, 0.1) is 11.7 Å². The molecule has 1 aliphatic rings. The van der Waals surface area contributed by atoms with Crippen molar-refractivity contribution in [2.75, 3.05) is 0 Å². The third-order valence-electron chi connectivity index (χ3n) is 2.68. The van der Waals surface area contributed by atoms with Crippen molar-refractivity contribution >= 4 is 0 Å². The van der Waals surface area contributed by atoms with Crippen LogP contribution in [-0.2, 0) is 0 Å². The van der Waals surface area contributed by atoms with E-state index in [4.69, 9.17) is 5.73 Å². The first-order valence-electron chi connectivity index (χ1n) is 4.91. The normalized spacial score (nSPS) is 18.1. The largest absolute Gasteiger partial charge is 0.508 e. The van der Waals surface area contributed by atoms with Crippen LogP contribution < -0.4 is 5.73 Å². The van der Waals surface area contributed by atoms with Gasteiger partial charge in [-0.2, -0.15) is 0 Å². The van der Waals surface area contributed by atoms with Gasteiger partial charge in [-0.25, -0.2) is 4.39 Å². The molecule has 1 atom stereocenters. The number of phenols is 1. The molecule has 14 heavy (non-hydrogen) atoms. The second-order valence-electron chi connectivity index (χ2n) is 3.99. The van der Waals surface area contributed by atoms with Gasteiger partial charge in [0.1, 0.15) is 11.6 Å². The van der Waals surface area contributed by atoms with Gasteiger partial charge >= 0.3 is 0 Å². The molecule has 0 unspecified atom stereocenters. The molecule has 1 saturated carbocycles. The highest BCUT2D eigenvalue weighted by atomic mass is 19.1. The molecule has 3 heteroatoms. The van der Waals surface area contributed by atoms with Crippen molar-refractivity contribution in [1.29, 1.82) is 0 Å². The van der Waals surface area contributed by atoms with E-state index in [1.807, 2.05) is 0 Å². The first kappa shape index (κ1) is 9.46. The van der Waals surface area contributed by atoms with E-state index in [1.165, 1.54) is 18.9 Å². The zero-order valence-corrected chi connectivity index (χ0v) is 7.91. The van der Waals surface area contributed by atoms with E-state index in [1.54, 1.807) is 6.07 Å².